The van der Waals surface area contributed by atoms with E-state index in [0.29, 0.717) is 0 Å². The standard InChI is InChI=1S/C7H8.C5H5N.C4H4N2.5C2H6/c1-7-5-3-2-4-6-7;1-2-4-6-5-3-1;1-2-5-4-6-3-1;5*1-2/h2-6H,1H3;1-5H;1-4H;5*1-2H3. The Morgan fingerprint density at radius 3 is 0.897 bits per heavy atom. The van der Waals surface area contributed by atoms with Crippen LogP contribution in [-0.2, 0) is 0 Å². The fourth-order valence-corrected chi connectivity index (χ4v) is 1.10. The van der Waals surface area contributed by atoms with Crippen molar-refractivity contribution in [3.63, 3.8) is 0 Å². The van der Waals surface area contributed by atoms with E-state index in [0.717, 1.165) is 0 Å². The van der Waals surface area contributed by atoms with Crippen LogP contribution in [0.5, 0.6) is 0 Å². The largest absolute Gasteiger partial charge is 0.265 e. The van der Waals surface area contributed by atoms with Crippen molar-refractivity contribution in [2.75, 3.05) is 0 Å². The van der Waals surface area contributed by atoms with Crippen LogP contribution in [0.1, 0.15) is 74.8 Å². The summed E-state index contributed by atoms with van der Waals surface area (Å²) in [5.74, 6) is 0. The molecule has 2 aromatic heterocycles. The Morgan fingerprint density at radius 1 is 0.414 bits per heavy atom. The van der Waals surface area contributed by atoms with Gasteiger partial charge in [-0.3, -0.25) is 4.98 Å². The third-order valence-corrected chi connectivity index (χ3v) is 1.98. The lowest BCUT2D eigenvalue weighted by molar-refractivity contribution is 1.17. The summed E-state index contributed by atoms with van der Waals surface area (Å²) in [6, 6.07) is 17.8. The van der Waals surface area contributed by atoms with Crippen LogP contribution in [0.15, 0.2) is 85.7 Å². The molecule has 1 aromatic carbocycles. The van der Waals surface area contributed by atoms with Gasteiger partial charge in [0.05, 0.1) is 0 Å². The highest BCUT2D eigenvalue weighted by Crippen LogP contribution is 1.92. The molecule has 0 radical (unpaired) electrons. The van der Waals surface area contributed by atoms with Crippen molar-refractivity contribution in [2.45, 2.75) is 76.2 Å². The van der Waals surface area contributed by atoms with Gasteiger partial charge >= 0.3 is 0 Å². The minimum Gasteiger partial charge on any atom is -0.265 e. The Hall–Kier alpha value is -2.55. The van der Waals surface area contributed by atoms with Crippen molar-refractivity contribution >= 4 is 0 Å². The van der Waals surface area contributed by atoms with Crippen molar-refractivity contribution in [3.8, 4) is 0 Å². The van der Waals surface area contributed by atoms with Crippen LogP contribution < -0.4 is 0 Å². The third-order valence-electron chi connectivity index (χ3n) is 1.98. The molecule has 0 unspecified atom stereocenters. The average molecular weight is 402 g/mol. The molecule has 0 atom stereocenters. The number of hydrogen-bond donors (Lipinski definition) is 0. The number of nitrogens with zero attached hydrogens (tertiary/aromatic N) is 3. The summed E-state index contributed by atoms with van der Waals surface area (Å²) in [4.78, 5) is 11.1. The Morgan fingerprint density at radius 2 is 0.759 bits per heavy atom. The zero-order valence-corrected chi connectivity index (χ0v) is 20.9. The first-order valence-corrected chi connectivity index (χ1v) is 11.0. The fourth-order valence-electron chi connectivity index (χ4n) is 1.10. The lowest BCUT2D eigenvalue weighted by atomic mass is 10.2. The van der Waals surface area contributed by atoms with E-state index in [4.69, 9.17) is 0 Å². The van der Waals surface area contributed by atoms with Crippen LogP contribution in [-0.4, -0.2) is 15.0 Å². The highest BCUT2D eigenvalue weighted by molar-refractivity contribution is 5.11. The molecule has 0 spiro atoms. The maximum atomic E-state index is 3.78. The van der Waals surface area contributed by atoms with Gasteiger partial charge in [-0.25, -0.2) is 9.97 Å². The summed E-state index contributed by atoms with van der Waals surface area (Å²) >= 11 is 0. The Bertz CT molecular complexity index is 415. The fraction of sp³-hybridized carbons (Fsp3) is 0.423. The smallest absolute Gasteiger partial charge is 0.115 e. The minimum atomic E-state index is 1.32. The van der Waals surface area contributed by atoms with E-state index in [2.05, 4.69) is 34.0 Å². The molecule has 0 bridgehead atoms. The van der Waals surface area contributed by atoms with Gasteiger partial charge in [-0.2, -0.15) is 0 Å². The number of pyridine rings is 1. The van der Waals surface area contributed by atoms with E-state index < -0.39 is 0 Å². The van der Waals surface area contributed by atoms with Gasteiger partial charge < -0.3 is 0 Å². The van der Waals surface area contributed by atoms with Gasteiger partial charge in [-0.1, -0.05) is 111 Å². The summed E-state index contributed by atoms with van der Waals surface area (Å²) in [6.07, 6.45) is 8.38. The summed E-state index contributed by atoms with van der Waals surface area (Å²) in [7, 11) is 0. The SMILES string of the molecule is CC.CC.CC.CC.CC.Cc1ccccc1.c1ccncc1.c1cncnc1. The molecule has 0 saturated heterocycles. The van der Waals surface area contributed by atoms with Gasteiger partial charge in [0.1, 0.15) is 6.33 Å². The molecular weight excluding hydrogens is 354 g/mol. The molecular formula is C26H47N3. The summed E-state index contributed by atoms with van der Waals surface area (Å²) in [5, 5.41) is 0. The zero-order chi connectivity index (χ0) is 23.6. The second-order valence-electron chi connectivity index (χ2n) is 3.58. The summed E-state index contributed by atoms with van der Waals surface area (Å²) in [5.41, 5.74) is 1.32. The van der Waals surface area contributed by atoms with Crippen LogP contribution in [0.2, 0.25) is 0 Å². The molecule has 0 amide bonds. The number of aryl methyl sites for hydroxylation is 1. The highest BCUT2D eigenvalue weighted by Gasteiger charge is 1.72. The van der Waals surface area contributed by atoms with Crippen LogP contribution in [0.3, 0.4) is 0 Å². The number of rotatable bonds is 0. The quantitative estimate of drug-likeness (QED) is 0.378. The molecule has 3 rings (SSSR count). The Kier molecular flexibility index (Phi) is 64.2. The molecule has 3 nitrogen and oxygen atoms in total. The lowest BCUT2D eigenvalue weighted by Crippen LogP contribution is -1.66. The van der Waals surface area contributed by atoms with Gasteiger partial charge in [-0.05, 0) is 25.1 Å². The number of aromatic nitrogens is 3. The van der Waals surface area contributed by atoms with E-state index in [1.54, 1.807) is 30.9 Å². The van der Waals surface area contributed by atoms with Gasteiger partial charge in [0.2, 0.25) is 0 Å². The molecule has 3 aromatic rings. The van der Waals surface area contributed by atoms with E-state index >= 15 is 0 Å². The van der Waals surface area contributed by atoms with Crippen molar-refractivity contribution in [2.24, 2.45) is 0 Å². The van der Waals surface area contributed by atoms with E-state index in [-0.39, 0.29) is 0 Å². The normalized spacial score (nSPS) is 6.45. The van der Waals surface area contributed by atoms with Gasteiger partial charge in [0.25, 0.3) is 0 Å². The molecule has 0 fully saturated rings. The molecule has 0 aliphatic carbocycles. The molecule has 166 valence electrons. The first kappa shape index (κ1) is 37.2. The van der Waals surface area contributed by atoms with Crippen molar-refractivity contribution in [1.29, 1.82) is 0 Å². The molecule has 0 saturated carbocycles. The van der Waals surface area contributed by atoms with Gasteiger partial charge in [0, 0.05) is 24.8 Å². The first-order chi connectivity index (χ1) is 14.4. The zero-order valence-electron chi connectivity index (χ0n) is 20.9. The van der Waals surface area contributed by atoms with Gasteiger partial charge in [0.15, 0.2) is 0 Å². The monoisotopic (exact) mass is 401 g/mol. The maximum absolute atomic E-state index is 3.78. The Labute approximate surface area is 182 Å². The second-order valence-corrected chi connectivity index (χ2v) is 3.58. The Balaban J connectivity index is -0.0000000820. The molecule has 0 aliphatic heterocycles. The number of hydrogen-bond acceptors (Lipinski definition) is 3. The minimum absolute atomic E-state index is 1.32. The van der Waals surface area contributed by atoms with E-state index in [1.165, 1.54) is 11.9 Å². The molecule has 3 heteroatoms. The first-order valence-electron chi connectivity index (χ1n) is 11.0. The van der Waals surface area contributed by atoms with Crippen LogP contribution in [0.25, 0.3) is 0 Å². The van der Waals surface area contributed by atoms with E-state index in [1.807, 2.05) is 106 Å². The predicted octanol–water partition coefficient (Wildman–Crippen LogP) is 8.68. The van der Waals surface area contributed by atoms with Crippen LogP contribution in [0.4, 0.5) is 0 Å². The summed E-state index contributed by atoms with van der Waals surface area (Å²) in [6.45, 7) is 22.1. The third kappa shape index (κ3) is 46.0. The molecule has 2 heterocycles. The summed E-state index contributed by atoms with van der Waals surface area (Å²) < 4.78 is 0. The van der Waals surface area contributed by atoms with Crippen molar-refractivity contribution in [1.82, 2.24) is 15.0 Å². The van der Waals surface area contributed by atoms with Crippen LogP contribution >= 0.6 is 0 Å². The molecule has 0 N–H and O–H groups in total. The molecule has 0 aliphatic rings. The van der Waals surface area contributed by atoms with Crippen molar-refractivity contribution < 1.29 is 0 Å². The number of benzene rings is 1. The topological polar surface area (TPSA) is 38.7 Å². The predicted molar refractivity (Wildman–Crippen MR) is 134 cm³/mol. The van der Waals surface area contributed by atoms with Crippen molar-refractivity contribution in [3.05, 3.63) is 91.3 Å². The maximum Gasteiger partial charge on any atom is 0.115 e. The van der Waals surface area contributed by atoms with E-state index in [9.17, 15) is 0 Å². The highest BCUT2D eigenvalue weighted by atomic mass is 14.8. The molecule has 29 heavy (non-hydrogen) atoms. The lowest BCUT2D eigenvalue weighted by Gasteiger charge is -1.82. The van der Waals surface area contributed by atoms with Gasteiger partial charge in [-0.15, -0.1) is 0 Å². The average Bonchev–Trinajstić information content (AvgIpc) is 2.89. The van der Waals surface area contributed by atoms with Crippen LogP contribution in [0, 0.1) is 6.92 Å². The second kappa shape index (κ2) is 50.0.